The highest BCUT2D eigenvalue weighted by molar-refractivity contribution is 9.10. The fourth-order valence-corrected chi connectivity index (χ4v) is 1.44. The first-order chi connectivity index (χ1) is 4.75. The molecule has 0 aliphatic rings. The fourth-order valence-electron chi connectivity index (χ4n) is 0.652. The van der Waals surface area contributed by atoms with Crippen molar-refractivity contribution in [1.82, 2.24) is 0 Å². The number of alkyl halides is 1. The molecule has 1 rings (SSSR count). The predicted molar refractivity (Wildman–Crippen MR) is 43.7 cm³/mol. The average Bonchev–Trinajstić information content (AvgIpc) is 1.95. The summed E-state index contributed by atoms with van der Waals surface area (Å²) in [4.78, 5) is 0. The summed E-state index contributed by atoms with van der Waals surface area (Å²) in [7, 11) is 0. The largest absolute Gasteiger partial charge is 0.206 e. The van der Waals surface area contributed by atoms with Crippen LogP contribution >= 0.6 is 27.5 Å². The van der Waals surface area contributed by atoms with E-state index in [4.69, 9.17) is 11.6 Å². The summed E-state index contributed by atoms with van der Waals surface area (Å²) in [6.07, 6.45) is 0. The van der Waals surface area contributed by atoms with Crippen molar-refractivity contribution in [3.05, 3.63) is 34.1 Å². The predicted octanol–water partition coefficient (Wildman–Crippen LogP) is 3.33. The third kappa shape index (κ3) is 1.50. The van der Waals surface area contributed by atoms with E-state index in [0.29, 0.717) is 10.4 Å². The van der Waals surface area contributed by atoms with Crippen molar-refractivity contribution in [2.75, 3.05) is 0 Å². The summed E-state index contributed by atoms with van der Waals surface area (Å²) in [6, 6.07) is 4.80. The van der Waals surface area contributed by atoms with Gasteiger partial charge in [-0.3, -0.25) is 0 Å². The summed E-state index contributed by atoms with van der Waals surface area (Å²) in [5.74, 6) is 0.0661. The molecule has 10 heavy (non-hydrogen) atoms. The summed E-state index contributed by atoms with van der Waals surface area (Å²) in [5.41, 5.74) is 0.779. The molecule has 0 spiro atoms. The molecular weight excluding hydrogens is 218 g/mol. The highest BCUT2D eigenvalue weighted by atomic mass is 79.9. The molecule has 0 unspecified atom stereocenters. The topological polar surface area (TPSA) is 0 Å². The van der Waals surface area contributed by atoms with E-state index in [1.165, 1.54) is 6.07 Å². The molecule has 0 atom stereocenters. The van der Waals surface area contributed by atoms with Crippen molar-refractivity contribution in [2.24, 2.45) is 0 Å². The molecule has 0 heterocycles. The van der Waals surface area contributed by atoms with E-state index in [1.807, 2.05) is 0 Å². The van der Waals surface area contributed by atoms with Crippen LogP contribution in [-0.4, -0.2) is 0 Å². The number of hydrogen-bond donors (Lipinski definition) is 0. The van der Waals surface area contributed by atoms with Crippen molar-refractivity contribution in [3.63, 3.8) is 0 Å². The second-order valence-corrected chi connectivity index (χ2v) is 2.91. The van der Waals surface area contributed by atoms with Crippen LogP contribution in [0.1, 0.15) is 5.56 Å². The first-order valence-electron chi connectivity index (χ1n) is 2.74. The Morgan fingerprint density at radius 3 is 2.70 bits per heavy atom. The lowest BCUT2D eigenvalue weighted by Gasteiger charge is -1.98. The summed E-state index contributed by atoms with van der Waals surface area (Å²) < 4.78 is 13.1. The number of benzene rings is 1. The normalized spacial score (nSPS) is 9.90. The van der Waals surface area contributed by atoms with Gasteiger partial charge in [0.05, 0.1) is 4.47 Å². The monoisotopic (exact) mass is 222 g/mol. The van der Waals surface area contributed by atoms with Gasteiger partial charge in [-0.15, -0.1) is 11.6 Å². The zero-order valence-corrected chi connectivity index (χ0v) is 7.41. The van der Waals surface area contributed by atoms with Crippen LogP contribution < -0.4 is 0 Å². The Hall–Kier alpha value is -0.0800. The maximum atomic E-state index is 12.7. The molecule has 0 aliphatic heterocycles. The van der Waals surface area contributed by atoms with E-state index >= 15 is 0 Å². The van der Waals surface area contributed by atoms with E-state index in [-0.39, 0.29) is 5.82 Å². The quantitative estimate of drug-likeness (QED) is 0.641. The minimum atomic E-state index is -0.266. The van der Waals surface area contributed by atoms with Crippen molar-refractivity contribution >= 4 is 27.5 Å². The molecule has 0 fully saturated rings. The molecule has 0 amide bonds. The second-order valence-electron chi connectivity index (χ2n) is 1.85. The van der Waals surface area contributed by atoms with Crippen LogP contribution in [0.2, 0.25) is 0 Å². The zero-order valence-electron chi connectivity index (χ0n) is 5.07. The van der Waals surface area contributed by atoms with E-state index < -0.39 is 0 Å². The molecule has 0 saturated heterocycles. The zero-order chi connectivity index (χ0) is 7.56. The Labute approximate surface area is 72.1 Å². The second kappa shape index (κ2) is 3.35. The molecule has 1 aromatic carbocycles. The highest BCUT2D eigenvalue weighted by Crippen LogP contribution is 2.21. The lowest BCUT2D eigenvalue weighted by molar-refractivity contribution is 0.619. The lowest BCUT2D eigenvalue weighted by atomic mass is 10.2. The minimum absolute atomic E-state index is 0.266. The van der Waals surface area contributed by atoms with Crippen molar-refractivity contribution in [3.8, 4) is 0 Å². The lowest BCUT2D eigenvalue weighted by Crippen LogP contribution is -1.83. The third-order valence-electron chi connectivity index (χ3n) is 1.18. The van der Waals surface area contributed by atoms with Crippen molar-refractivity contribution in [2.45, 2.75) is 5.88 Å². The Balaban J connectivity index is 3.14. The van der Waals surface area contributed by atoms with E-state index in [2.05, 4.69) is 15.9 Å². The van der Waals surface area contributed by atoms with Crippen LogP contribution in [0.3, 0.4) is 0 Å². The molecule has 0 aliphatic carbocycles. The van der Waals surface area contributed by atoms with Gasteiger partial charge < -0.3 is 0 Å². The van der Waals surface area contributed by atoms with E-state index in [9.17, 15) is 4.39 Å². The standard InChI is InChI=1S/C7H5BrClF/c8-7-5(4-9)2-1-3-6(7)10/h1-3H,4H2. The first kappa shape index (κ1) is 8.02. The molecule has 0 saturated carbocycles. The van der Waals surface area contributed by atoms with E-state index in [0.717, 1.165) is 5.56 Å². The molecule has 0 bridgehead atoms. The maximum Gasteiger partial charge on any atom is 0.137 e. The number of hydrogen-bond acceptors (Lipinski definition) is 0. The SMILES string of the molecule is Fc1cccc(CCl)c1Br. The van der Waals surface area contributed by atoms with Crippen LogP contribution in [0.4, 0.5) is 4.39 Å². The van der Waals surface area contributed by atoms with Crippen LogP contribution in [0.25, 0.3) is 0 Å². The minimum Gasteiger partial charge on any atom is -0.206 e. The Bertz CT molecular complexity index is 237. The van der Waals surface area contributed by atoms with Gasteiger partial charge in [-0.25, -0.2) is 4.39 Å². The third-order valence-corrected chi connectivity index (χ3v) is 2.35. The molecule has 1 aromatic rings. The Kier molecular flexibility index (Phi) is 2.69. The van der Waals surface area contributed by atoms with Crippen LogP contribution in [0, 0.1) is 5.82 Å². The molecule has 3 heteroatoms. The van der Waals surface area contributed by atoms with Crippen LogP contribution in [0.5, 0.6) is 0 Å². The van der Waals surface area contributed by atoms with Gasteiger partial charge in [0.1, 0.15) is 5.82 Å². The van der Waals surface area contributed by atoms with Gasteiger partial charge in [-0.05, 0) is 27.6 Å². The van der Waals surface area contributed by atoms with Gasteiger partial charge in [-0.1, -0.05) is 12.1 Å². The van der Waals surface area contributed by atoms with Gasteiger partial charge in [0.25, 0.3) is 0 Å². The summed E-state index contributed by atoms with van der Waals surface area (Å²) >= 11 is 8.59. The molecule has 54 valence electrons. The fraction of sp³-hybridized carbons (Fsp3) is 0.143. The number of rotatable bonds is 1. The molecular formula is C7H5BrClF. The summed E-state index contributed by atoms with van der Waals surface area (Å²) in [5, 5.41) is 0. The highest BCUT2D eigenvalue weighted by Gasteiger charge is 2.01. The maximum absolute atomic E-state index is 12.7. The van der Waals surface area contributed by atoms with Crippen molar-refractivity contribution in [1.29, 1.82) is 0 Å². The molecule has 0 nitrogen and oxygen atoms in total. The van der Waals surface area contributed by atoms with Gasteiger partial charge in [0, 0.05) is 5.88 Å². The first-order valence-corrected chi connectivity index (χ1v) is 4.07. The van der Waals surface area contributed by atoms with Gasteiger partial charge in [0.2, 0.25) is 0 Å². The smallest absolute Gasteiger partial charge is 0.137 e. The van der Waals surface area contributed by atoms with E-state index in [1.54, 1.807) is 12.1 Å². The Morgan fingerprint density at radius 2 is 2.20 bits per heavy atom. The molecule has 0 N–H and O–H groups in total. The van der Waals surface area contributed by atoms with Gasteiger partial charge in [0.15, 0.2) is 0 Å². The van der Waals surface area contributed by atoms with Crippen LogP contribution in [0.15, 0.2) is 22.7 Å². The number of halogens is 3. The average molecular weight is 223 g/mol. The Morgan fingerprint density at radius 1 is 1.50 bits per heavy atom. The van der Waals surface area contributed by atoms with Gasteiger partial charge >= 0.3 is 0 Å². The summed E-state index contributed by atoms with van der Waals surface area (Å²) in [6.45, 7) is 0. The van der Waals surface area contributed by atoms with Crippen LogP contribution in [-0.2, 0) is 5.88 Å². The molecule has 0 aromatic heterocycles. The molecule has 0 radical (unpaired) electrons. The van der Waals surface area contributed by atoms with Crippen molar-refractivity contribution < 1.29 is 4.39 Å². The van der Waals surface area contributed by atoms with Gasteiger partial charge in [-0.2, -0.15) is 0 Å².